The van der Waals surface area contributed by atoms with E-state index in [2.05, 4.69) is 98.9 Å². The number of unbranched alkanes of at least 4 members (excludes halogenated alkanes) is 9. The molecule has 10 heteroatoms. The van der Waals surface area contributed by atoms with Crippen molar-refractivity contribution < 1.29 is 42.1 Å². The number of phosphoric acid groups is 1. The summed E-state index contributed by atoms with van der Waals surface area (Å²) in [5, 5.41) is 0. The topological polar surface area (TPSA) is 111 Å². The van der Waals surface area contributed by atoms with Crippen LogP contribution in [0.1, 0.15) is 142 Å². The fourth-order valence-corrected chi connectivity index (χ4v) is 5.83. The van der Waals surface area contributed by atoms with E-state index in [0.717, 1.165) is 89.9 Å². The summed E-state index contributed by atoms with van der Waals surface area (Å²) < 4.78 is 33.7. The summed E-state index contributed by atoms with van der Waals surface area (Å²) in [7, 11) is 1.13. The number of phosphoric ester groups is 1. The number of quaternary nitrogens is 1. The fraction of sp³-hybridized carbons (Fsp3) is 0.652. The van der Waals surface area contributed by atoms with E-state index in [1.807, 2.05) is 21.1 Å². The van der Waals surface area contributed by atoms with Crippen LogP contribution in [-0.4, -0.2) is 70.0 Å². The summed E-state index contributed by atoms with van der Waals surface area (Å²) >= 11 is 0. The lowest BCUT2D eigenvalue weighted by Gasteiger charge is -2.28. The standard InChI is InChI=1S/C46H78NO8P/c1-6-8-10-12-14-15-16-17-18-19-20-21-22-23-24-25-26-27-28-29-30-31-33-35-37-39-46(49)55-44(43-54-56(50,51)53-41-40-47(3,4)5)42-52-45(48)38-36-34-32-13-11-9-7-2/h8,10,14-15,17-18,20-21,23-24,26-27,29-30,44H,6-7,9,11-13,16,19,22,25,28,31-43H2,1-5H3/b10-8-,15-14-,18-17-,21-20-,24-23-,27-26-,30-29-. The van der Waals surface area contributed by atoms with Gasteiger partial charge in [-0.15, -0.1) is 0 Å². The van der Waals surface area contributed by atoms with Crippen molar-refractivity contribution in [3.05, 3.63) is 85.1 Å². The highest BCUT2D eigenvalue weighted by Crippen LogP contribution is 2.38. The molecule has 0 aliphatic rings. The quantitative estimate of drug-likeness (QED) is 0.0201. The molecule has 0 amide bonds. The van der Waals surface area contributed by atoms with Crippen LogP contribution in [0.4, 0.5) is 0 Å². The minimum absolute atomic E-state index is 0.0418. The van der Waals surface area contributed by atoms with Crippen LogP contribution < -0.4 is 4.89 Å². The molecule has 320 valence electrons. The molecule has 0 spiro atoms. The first-order chi connectivity index (χ1) is 27.0. The monoisotopic (exact) mass is 804 g/mol. The maximum Gasteiger partial charge on any atom is 0.306 e. The number of likely N-dealkylation sites (N-methyl/N-ethyl adjacent to an activating group) is 1. The highest BCUT2D eigenvalue weighted by atomic mass is 31.2. The van der Waals surface area contributed by atoms with E-state index in [-0.39, 0.29) is 26.1 Å². The summed E-state index contributed by atoms with van der Waals surface area (Å²) in [5.74, 6) is -0.889. The van der Waals surface area contributed by atoms with Crippen LogP contribution in [0.25, 0.3) is 0 Å². The SMILES string of the molecule is CC/C=C\C/C=C\C/C=C\C/C=C\C/C=C\C/C=C\C/C=C\CCCCCC(=O)OC(COC(=O)CCCCCCCCC)COP(=O)([O-])OCC[N+](C)(C)C. The van der Waals surface area contributed by atoms with Gasteiger partial charge in [-0.25, -0.2) is 0 Å². The van der Waals surface area contributed by atoms with Crippen LogP contribution >= 0.6 is 7.82 Å². The number of allylic oxidation sites excluding steroid dienone is 14. The smallest absolute Gasteiger partial charge is 0.306 e. The molecule has 0 heterocycles. The molecule has 56 heavy (non-hydrogen) atoms. The second-order valence-electron chi connectivity index (χ2n) is 15.0. The van der Waals surface area contributed by atoms with E-state index < -0.39 is 32.5 Å². The van der Waals surface area contributed by atoms with Crippen molar-refractivity contribution in [3.8, 4) is 0 Å². The van der Waals surface area contributed by atoms with E-state index in [0.29, 0.717) is 17.4 Å². The predicted octanol–water partition coefficient (Wildman–Crippen LogP) is 11.4. The van der Waals surface area contributed by atoms with Gasteiger partial charge < -0.3 is 27.9 Å². The molecule has 0 aromatic carbocycles. The van der Waals surface area contributed by atoms with E-state index in [9.17, 15) is 19.0 Å². The Morgan fingerprint density at radius 3 is 1.52 bits per heavy atom. The van der Waals surface area contributed by atoms with Crippen molar-refractivity contribution >= 4 is 19.8 Å². The molecule has 0 saturated carbocycles. The highest BCUT2D eigenvalue weighted by Gasteiger charge is 2.21. The average Bonchev–Trinajstić information content (AvgIpc) is 3.15. The van der Waals surface area contributed by atoms with Crippen molar-refractivity contribution in [2.75, 3.05) is 47.5 Å². The fourth-order valence-electron chi connectivity index (χ4n) is 5.10. The molecule has 0 aliphatic carbocycles. The van der Waals surface area contributed by atoms with Crippen LogP contribution in [0.2, 0.25) is 0 Å². The van der Waals surface area contributed by atoms with Gasteiger partial charge >= 0.3 is 11.9 Å². The van der Waals surface area contributed by atoms with Crippen LogP contribution in [0.3, 0.4) is 0 Å². The number of esters is 2. The lowest BCUT2D eigenvalue weighted by Crippen LogP contribution is -2.37. The number of hydrogen-bond donors (Lipinski definition) is 0. The van der Waals surface area contributed by atoms with Gasteiger partial charge in [-0.3, -0.25) is 14.2 Å². The molecule has 0 radical (unpaired) electrons. The Kier molecular flexibility index (Phi) is 35.9. The normalized spacial score (nSPS) is 14.5. The summed E-state index contributed by atoms with van der Waals surface area (Å²) in [5.41, 5.74) is 0. The van der Waals surface area contributed by atoms with Gasteiger partial charge in [0.15, 0.2) is 6.10 Å². The first kappa shape index (κ1) is 53.2. The van der Waals surface area contributed by atoms with E-state index >= 15 is 0 Å². The van der Waals surface area contributed by atoms with Crippen LogP contribution in [0, 0.1) is 0 Å². The first-order valence-electron chi connectivity index (χ1n) is 21.3. The number of nitrogens with zero attached hydrogens (tertiary/aromatic N) is 1. The van der Waals surface area contributed by atoms with Crippen molar-refractivity contribution in [2.24, 2.45) is 0 Å². The van der Waals surface area contributed by atoms with Crippen molar-refractivity contribution in [1.82, 2.24) is 0 Å². The number of ether oxygens (including phenoxy) is 2. The lowest BCUT2D eigenvalue weighted by atomic mass is 10.1. The lowest BCUT2D eigenvalue weighted by molar-refractivity contribution is -0.870. The Bertz CT molecular complexity index is 1230. The van der Waals surface area contributed by atoms with E-state index in [1.165, 1.54) is 19.3 Å². The molecular formula is C46H78NO8P. The van der Waals surface area contributed by atoms with Gasteiger partial charge in [0.1, 0.15) is 19.8 Å². The molecule has 0 fully saturated rings. The third kappa shape index (κ3) is 40.8. The molecular weight excluding hydrogens is 725 g/mol. The first-order valence-corrected chi connectivity index (χ1v) is 22.8. The molecule has 0 aliphatic heterocycles. The Morgan fingerprint density at radius 1 is 0.571 bits per heavy atom. The Hall–Kier alpha value is -2.81. The summed E-state index contributed by atoms with van der Waals surface area (Å²) in [6, 6.07) is 0. The molecule has 2 atom stereocenters. The number of carbonyl (C=O) groups excluding carboxylic acids is 2. The second-order valence-corrected chi connectivity index (χ2v) is 16.4. The van der Waals surface area contributed by atoms with Crippen LogP contribution in [0.15, 0.2) is 85.1 Å². The second kappa shape index (κ2) is 37.7. The van der Waals surface area contributed by atoms with Gasteiger partial charge in [-0.2, -0.15) is 0 Å². The van der Waals surface area contributed by atoms with Gasteiger partial charge in [-0.1, -0.05) is 144 Å². The third-order valence-corrected chi connectivity index (χ3v) is 9.39. The van der Waals surface area contributed by atoms with Crippen molar-refractivity contribution in [1.29, 1.82) is 0 Å². The van der Waals surface area contributed by atoms with Gasteiger partial charge in [0.05, 0.1) is 27.7 Å². The molecule has 9 nitrogen and oxygen atoms in total. The van der Waals surface area contributed by atoms with Gasteiger partial charge in [0.2, 0.25) is 0 Å². The molecule has 0 aromatic rings. The average molecular weight is 804 g/mol. The molecule has 0 saturated heterocycles. The van der Waals surface area contributed by atoms with Gasteiger partial charge in [-0.05, 0) is 70.6 Å². The van der Waals surface area contributed by atoms with Gasteiger partial charge in [0.25, 0.3) is 7.82 Å². The van der Waals surface area contributed by atoms with Gasteiger partial charge in [0, 0.05) is 12.8 Å². The summed E-state index contributed by atoms with van der Waals surface area (Å²) in [4.78, 5) is 37.3. The largest absolute Gasteiger partial charge is 0.756 e. The third-order valence-electron chi connectivity index (χ3n) is 8.43. The van der Waals surface area contributed by atoms with Crippen molar-refractivity contribution in [3.63, 3.8) is 0 Å². The predicted molar refractivity (Wildman–Crippen MR) is 231 cm³/mol. The zero-order valence-corrected chi connectivity index (χ0v) is 36.7. The number of rotatable bonds is 37. The van der Waals surface area contributed by atoms with E-state index in [4.69, 9.17) is 18.5 Å². The number of hydrogen-bond acceptors (Lipinski definition) is 8. The zero-order chi connectivity index (χ0) is 41.4. The Balaban J connectivity index is 4.34. The Labute approximate surface area is 341 Å². The minimum Gasteiger partial charge on any atom is -0.756 e. The summed E-state index contributed by atoms with van der Waals surface area (Å²) in [6.07, 6.45) is 47.8. The van der Waals surface area contributed by atoms with Crippen LogP contribution in [-0.2, 0) is 32.7 Å². The minimum atomic E-state index is -4.63. The Morgan fingerprint density at radius 2 is 1.02 bits per heavy atom. The van der Waals surface area contributed by atoms with E-state index in [1.54, 1.807) is 0 Å². The maximum atomic E-state index is 12.6. The highest BCUT2D eigenvalue weighted by molar-refractivity contribution is 7.45. The molecule has 0 bridgehead atoms. The van der Waals surface area contributed by atoms with Crippen molar-refractivity contribution in [2.45, 2.75) is 148 Å². The zero-order valence-electron chi connectivity index (χ0n) is 35.8. The number of carbonyl (C=O) groups is 2. The molecule has 0 N–H and O–H groups in total. The molecule has 2 unspecified atom stereocenters. The molecule has 0 rings (SSSR count). The summed E-state index contributed by atoms with van der Waals surface area (Å²) in [6.45, 7) is 3.99. The molecule has 0 aromatic heterocycles. The maximum absolute atomic E-state index is 12.6. The van der Waals surface area contributed by atoms with Crippen LogP contribution in [0.5, 0.6) is 0 Å².